The minimum atomic E-state index is -0.475. The number of hydrogen-bond acceptors (Lipinski definition) is 6. The van der Waals surface area contributed by atoms with Gasteiger partial charge in [-0.1, -0.05) is 29.4 Å². The van der Waals surface area contributed by atoms with Gasteiger partial charge in [0, 0.05) is 19.6 Å². The first kappa shape index (κ1) is 15.1. The maximum atomic E-state index is 10.5. The predicted octanol–water partition coefficient (Wildman–Crippen LogP) is 1.35. The molecule has 0 saturated carbocycles. The van der Waals surface area contributed by atoms with Gasteiger partial charge in [0.15, 0.2) is 5.82 Å². The van der Waals surface area contributed by atoms with E-state index < -0.39 is 6.10 Å². The molecule has 2 atom stereocenters. The molecule has 118 valence electrons. The molecule has 1 N–H and O–H groups in total. The number of aliphatic hydroxyl groups is 1. The number of nitrogens with zero attached hydrogens (tertiary/aromatic N) is 3. The zero-order valence-corrected chi connectivity index (χ0v) is 12.9. The van der Waals surface area contributed by atoms with Crippen molar-refractivity contribution in [3.63, 3.8) is 0 Å². The van der Waals surface area contributed by atoms with Crippen molar-refractivity contribution in [3.8, 4) is 0 Å². The van der Waals surface area contributed by atoms with Gasteiger partial charge in [-0.05, 0) is 24.6 Å². The molecular formula is C16H21N3O3. The summed E-state index contributed by atoms with van der Waals surface area (Å²) < 4.78 is 10.3. The average Bonchev–Trinajstić information content (AvgIpc) is 3.10. The first-order valence-corrected chi connectivity index (χ1v) is 7.45. The van der Waals surface area contributed by atoms with E-state index in [-0.39, 0.29) is 6.04 Å². The van der Waals surface area contributed by atoms with Crippen molar-refractivity contribution in [2.75, 3.05) is 20.8 Å². The second-order valence-electron chi connectivity index (χ2n) is 5.68. The number of methoxy groups -OCH3 is 1. The third-order valence-electron chi connectivity index (χ3n) is 4.16. The molecule has 1 aromatic carbocycles. The highest BCUT2D eigenvalue weighted by Gasteiger charge is 2.33. The lowest BCUT2D eigenvalue weighted by Gasteiger charge is -2.25. The van der Waals surface area contributed by atoms with Crippen molar-refractivity contribution < 1.29 is 14.4 Å². The highest BCUT2D eigenvalue weighted by atomic mass is 16.5. The number of aromatic nitrogens is 2. The largest absolute Gasteiger partial charge is 0.387 e. The second kappa shape index (κ2) is 6.56. The third kappa shape index (κ3) is 3.04. The molecule has 1 aliphatic carbocycles. The van der Waals surface area contributed by atoms with E-state index in [1.54, 1.807) is 7.11 Å². The first-order chi connectivity index (χ1) is 10.7. The average molecular weight is 303 g/mol. The topological polar surface area (TPSA) is 71.6 Å². The van der Waals surface area contributed by atoms with Gasteiger partial charge in [-0.25, -0.2) is 0 Å². The fourth-order valence-corrected chi connectivity index (χ4v) is 2.93. The Balaban J connectivity index is 1.63. The summed E-state index contributed by atoms with van der Waals surface area (Å²) in [6, 6.07) is 8.07. The maximum absolute atomic E-state index is 10.5. The van der Waals surface area contributed by atoms with Gasteiger partial charge in [-0.2, -0.15) is 4.98 Å². The summed E-state index contributed by atoms with van der Waals surface area (Å²) in [7, 11) is 3.62. The fraction of sp³-hybridized carbons (Fsp3) is 0.500. The number of aliphatic hydroxyl groups excluding tert-OH is 1. The monoisotopic (exact) mass is 303 g/mol. The van der Waals surface area contributed by atoms with Crippen molar-refractivity contribution >= 4 is 0 Å². The molecule has 1 aromatic heterocycles. The van der Waals surface area contributed by atoms with Gasteiger partial charge in [0.25, 0.3) is 0 Å². The lowest BCUT2D eigenvalue weighted by Crippen LogP contribution is -2.34. The van der Waals surface area contributed by atoms with Crippen LogP contribution < -0.4 is 0 Å². The highest BCUT2D eigenvalue weighted by Crippen LogP contribution is 2.34. The van der Waals surface area contributed by atoms with Crippen molar-refractivity contribution in [2.45, 2.75) is 31.5 Å². The smallest absolute Gasteiger partial charge is 0.240 e. The summed E-state index contributed by atoms with van der Waals surface area (Å²) in [6.45, 7) is 1.10. The molecule has 0 spiro atoms. The Morgan fingerprint density at radius 1 is 1.41 bits per heavy atom. The molecule has 0 fully saturated rings. The highest BCUT2D eigenvalue weighted by molar-refractivity contribution is 5.35. The van der Waals surface area contributed by atoms with Crippen LogP contribution in [0.2, 0.25) is 0 Å². The number of fused-ring (bicyclic) bond motifs is 1. The van der Waals surface area contributed by atoms with Crippen LogP contribution in [0, 0.1) is 0 Å². The maximum Gasteiger partial charge on any atom is 0.240 e. The fourth-order valence-electron chi connectivity index (χ4n) is 2.93. The van der Waals surface area contributed by atoms with Crippen molar-refractivity contribution in [3.05, 3.63) is 47.1 Å². The van der Waals surface area contributed by atoms with E-state index in [0.29, 0.717) is 31.3 Å². The lowest BCUT2D eigenvalue weighted by atomic mass is 10.1. The molecule has 0 bridgehead atoms. The van der Waals surface area contributed by atoms with Crippen LogP contribution in [0.1, 0.15) is 28.9 Å². The SMILES string of the molecule is COCCc1noc(CN(C)C2Cc3ccccc3C2O)n1. The molecule has 1 heterocycles. The normalized spacial score (nSPS) is 20.5. The molecule has 0 saturated heterocycles. The van der Waals surface area contributed by atoms with Gasteiger partial charge in [-0.15, -0.1) is 0 Å². The summed E-state index contributed by atoms with van der Waals surface area (Å²) >= 11 is 0. The Labute approximate surface area is 129 Å². The summed E-state index contributed by atoms with van der Waals surface area (Å²) in [6.07, 6.45) is 0.997. The van der Waals surface area contributed by atoms with Gasteiger partial charge in [0.1, 0.15) is 0 Å². The summed E-state index contributed by atoms with van der Waals surface area (Å²) in [5, 5.41) is 14.4. The van der Waals surface area contributed by atoms with Crippen LogP contribution in [0.3, 0.4) is 0 Å². The molecule has 3 rings (SSSR count). The number of rotatable bonds is 6. The van der Waals surface area contributed by atoms with Crippen LogP contribution in [0.25, 0.3) is 0 Å². The molecule has 6 nitrogen and oxygen atoms in total. The van der Waals surface area contributed by atoms with Gasteiger partial charge < -0.3 is 14.4 Å². The minimum absolute atomic E-state index is 0.0340. The van der Waals surface area contributed by atoms with Crippen LogP contribution in [0.4, 0.5) is 0 Å². The van der Waals surface area contributed by atoms with E-state index >= 15 is 0 Å². The zero-order chi connectivity index (χ0) is 15.5. The van der Waals surface area contributed by atoms with E-state index in [1.165, 1.54) is 5.56 Å². The van der Waals surface area contributed by atoms with Gasteiger partial charge >= 0.3 is 0 Å². The van der Waals surface area contributed by atoms with Crippen molar-refractivity contribution in [1.29, 1.82) is 0 Å². The summed E-state index contributed by atoms with van der Waals surface area (Å²) in [4.78, 5) is 6.42. The lowest BCUT2D eigenvalue weighted by molar-refractivity contribution is 0.0664. The standard InChI is InChI=1S/C16H21N3O3/c1-19(10-15-17-14(18-22-15)7-8-21-2)13-9-11-5-3-4-6-12(11)16(13)20/h3-6,13,16,20H,7-10H2,1-2H3. The van der Waals surface area contributed by atoms with Crippen LogP contribution in [-0.4, -0.2) is 47.0 Å². The quantitative estimate of drug-likeness (QED) is 0.868. The number of ether oxygens (including phenoxy) is 1. The summed E-state index contributed by atoms with van der Waals surface area (Å²) in [5.74, 6) is 1.22. The second-order valence-corrected chi connectivity index (χ2v) is 5.68. The molecule has 0 amide bonds. The Hall–Kier alpha value is -1.76. The Bertz CT molecular complexity index is 629. The van der Waals surface area contributed by atoms with E-state index in [1.807, 2.05) is 25.2 Å². The molecular weight excluding hydrogens is 282 g/mol. The molecule has 0 radical (unpaired) electrons. The third-order valence-corrected chi connectivity index (χ3v) is 4.16. The summed E-state index contributed by atoms with van der Waals surface area (Å²) in [5.41, 5.74) is 2.23. The predicted molar refractivity (Wildman–Crippen MR) is 80.2 cm³/mol. The zero-order valence-electron chi connectivity index (χ0n) is 12.9. The molecule has 2 unspecified atom stereocenters. The molecule has 1 aliphatic rings. The Morgan fingerprint density at radius 3 is 3.00 bits per heavy atom. The Kier molecular flexibility index (Phi) is 4.52. The van der Waals surface area contributed by atoms with Crippen molar-refractivity contribution in [1.82, 2.24) is 15.0 Å². The molecule has 2 aromatic rings. The Morgan fingerprint density at radius 2 is 2.23 bits per heavy atom. The van der Waals surface area contributed by atoms with E-state index in [4.69, 9.17) is 9.26 Å². The first-order valence-electron chi connectivity index (χ1n) is 7.45. The van der Waals surface area contributed by atoms with Gasteiger partial charge in [0.05, 0.1) is 19.3 Å². The van der Waals surface area contributed by atoms with Crippen LogP contribution in [0.15, 0.2) is 28.8 Å². The van der Waals surface area contributed by atoms with Crippen LogP contribution in [-0.2, 0) is 24.1 Å². The van der Waals surface area contributed by atoms with Crippen LogP contribution >= 0.6 is 0 Å². The van der Waals surface area contributed by atoms with Crippen LogP contribution in [0.5, 0.6) is 0 Å². The van der Waals surface area contributed by atoms with E-state index in [0.717, 1.165) is 12.0 Å². The number of likely N-dealkylation sites (N-methyl/N-ethyl adjacent to an activating group) is 1. The molecule has 6 heteroatoms. The number of hydrogen-bond donors (Lipinski definition) is 1. The van der Waals surface area contributed by atoms with E-state index in [2.05, 4.69) is 21.1 Å². The van der Waals surface area contributed by atoms with E-state index in [9.17, 15) is 5.11 Å². The molecule has 22 heavy (non-hydrogen) atoms. The molecule has 0 aliphatic heterocycles. The van der Waals surface area contributed by atoms with Crippen molar-refractivity contribution in [2.24, 2.45) is 0 Å². The van der Waals surface area contributed by atoms with Gasteiger partial charge in [-0.3, -0.25) is 4.90 Å². The van der Waals surface area contributed by atoms with Gasteiger partial charge in [0.2, 0.25) is 5.89 Å². The minimum Gasteiger partial charge on any atom is -0.387 e. The number of benzene rings is 1.